The van der Waals surface area contributed by atoms with E-state index in [1.54, 1.807) is 0 Å². The highest BCUT2D eigenvalue weighted by atomic mass is 35.5. The Morgan fingerprint density at radius 2 is 2.36 bits per heavy atom. The molecule has 0 radical (unpaired) electrons. The van der Waals surface area contributed by atoms with Crippen LogP contribution in [-0.4, -0.2) is 0 Å². The molecule has 0 aromatic heterocycles. The third-order valence-corrected chi connectivity index (χ3v) is 3.08. The fourth-order valence-electron chi connectivity index (χ4n) is 1.88. The summed E-state index contributed by atoms with van der Waals surface area (Å²) in [5, 5.41) is 5.76. The van der Waals surface area contributed by atoms with Crippen molar-refractivity contribution in [1.82, 2.24) is 4.72 Å². The van der Waals surface area contributed by atoms with E-state index in [0.29, 0.717) is 10.6 Å². The lowest BCUT2D eigenvalue weighted by Crippen LogP contribution is -2.14. The maximum Gasteiger partial charge on any atom is 0.129 e. The summed E-state index contributed by atoms with van der Waals surface area (Å²) in [5.41, 5.74) is 1.70. The van der Waals surface area contributed by atoms with Crippen LogP contribution >= 0.6 is 23.7 Å². The van der Waals surface area contributed by atoms with E-state index in [4.69, 9.17) is 16.7 Å². The first-order chi connectivity index (χ1) is 6.72. The minimum atomic E-state index is -0.239. The molecule has 1 atom stereocenters. The molecule has 1 aliphatic rings. The van der Waals surface area contributed by atoms with Gasteiger partial charge < -0.3 is 0 Å². The molecule has 14 heavy (non-hydrogen) atoms. The van der Waals surface area contributed by atoms with Gasteiger partial charge in [-0.3, -0.25) is 5.14 Å². The highest BCUT2D eigenvalue weighted by Gasteiger charge is 2.25. The summed E-state index contributed by atoms with van der Waals surface area (Å²) in [6.45, 7) is 0. The second-order valence-electron chi connectivity index (χ2n) is 3.29. The van der Waals surface area contributed by atoms with Crippen LogP contribution in [0.15, 0.2) is 12.1 Å². The summed E-state index contributed by atoms with van der Waals surface area (Å²) >= 11 is 6.79. The summed E-state index contributed by atoms with van der Waals surface area (Å²) in [4.78, 5) is 0. The molecule has 0 saturated carbocycles. The van der Waals surface area contributed by atoms with Gasteiger partial charge in [0.2, 0.25) is 0 Å². The van der Waals surface area contributed by atoms with E-state index in [9.17, 15) is 4.39 Å². The number of hydrogen-bond donors (Lipinski definition) is 2. The summed E-state index contributed by atoms with van der Waals surface area (Å²) in [5.74, 6) is -0.239. The summed E-state index contributed by atoms with van der Waals surface area (Å²) in [6, 6.07) is 3.18. The van der Waals surface area contributed by atoms with Crippen molar-refractivity contribution in [2.45, 2.75) is 18.9 Å². The molecule has 0 amide bonds. The van der Waals surface area contributed by atoms with E-state index in [0.717, 1.165) is 30.5 Å². The van der Waals surface area contributed by atoms with Gasteiger partial charge in [0.15, 0.2) is 0 Å². The van der Waals surface area contributed by atoms with Gasteiger partial charge in [0.25, 0.3) is 0 Å². The average molecular weight is 233 g/mol. The molecular formula is C9H10ClFN2S. The van der Waals surface area contributed by atoms with Crippen molar-refractivity contribution < 1.29 is 4.39 Å². The number of aryl methyl sites for hydroxylation is 1. The number of nitrogens with two attached hydrogens (primary N) is 1. The van der Waals surface area contributed by atoms with Crippen molar-refractivity contribution in [2.24, 2.45) is 5.14 Å². The van der Waals surface area contributed by atoms with Crippen molar-refractivity contribution in [3.8, 4) is 0 Å². The number of rotatable bonds is 2. The minimum Gasteiger partial charge on any atom is -0.264 e. The molecule has 0 fully saturated rings. The zero-order valence-electron chi connectivity index (χ0n) is 7.39. The molecule has 3 N–H and O–H groups in total. The van der Waals surface area contributed by atoms with Crippen LogP contribution in [-0.2, 0) is 6.42 Å². The predicted octanol–water partition coefficient (Wildman–Crippen LogP) is 2.58. The molecule has 0 aliphatic heterocycles. The van der Waals surface area contributed by atoms with E-state index in [1.807, 2.05) is 6.07 Å². The quantitative estimate of drug-likeness (QED) is 0.770. The van der Waals surface area contributed by atoms with Gasteiger partial charge in [-0.25, -0.2) is 9.11 Å². The Hall–Kier alpha value is -0.290. The van der Waals surface area contributed by atoms with Gasteiger partial charge in [-0.2, -0.15) is 0 Å². The fourth-order valence-corrected chi connectivity index (χ4v) is 2.51. The van der Waals surface area contributed by atoms with Crippen LogP contribution in [0.5, 0.6) is 0 Å². The minimum absolute atomic E-state index is 0.0114. The van der Waals surface area contributed by atoms with Crippen LogP contribution in [0.3, 0.4) is 0 Å². The van der Waals surface area contributed by atoms with E-state index in [-0.39, 0.29) is 11.9 Å². The molecule has 0 bridgehead atoms. The molecule has 1 unspecified atom stereocenters. The van der Waals surface area contributed by atoms with Crippen molar-refractivity contribution in [3.05, 3.63) is 34.1 Å². The lowest BCUT2D eigenvalue weighted by Gasteiger charge is -2.11. The highest BCUT2D eigenvalue weighted by molar-refractivity contribution is 7.95. The topological polar surface area (TPSA) is 38.0 Å². The Kier molecular flexibility index (Phi) is 2.97. The predicted molar refractivity (Wildman–Crippen MR) is 57.4 cm³/mol. The summed E-state index contributed by atoms with van der Waals surface area (Å²) in [6.07, 6.45) is 1.72. The zero-order valence-corrected chi connectivity index (χ0v) is 8.96. The normalized spacial score (nSPS) is 19.8. The van der Waals surface area contributed by atoms with Crippen LogP contribution in [0.25, 0.3) is 0 Å². The Bertz CT molecular complexity index is 359. The van der Waals surface area contributed by atoms with Crippen molar-refractivity contribution >= 4 is 23.7 Å². The molecule has 1 aromatic rings. The van der Waals surface area contributed by atoms with Gasteiger partial charge in [-0.1, -0.05) is 11.6 Å². The number of fused-ring (bicyclic) bond motifs is 1. The number of benzene rings is 1. The third kappa shape index (κ3) is 1.75. The highest BCUT2D eigenvalue weighted by Crippen LogP contribution is 2.35. The van der Waals surface area contributed by atoms with E-state index in [2.05, 4.69) is 4.72 Å². The second-order valence-corrected chi connectivity index (χ2v) is 4.20. The van der Waals surface area contributed by atoms with Crippen molar-refractivity contribution in [3.63, 3.8) is 0 Å². The van der Waals surface area contributed by atoms with Crippen LogP contribution in [0, 0.1) is 5.82 Å². The molecule has 76 valence electrons. The number of nitrogens with one attached hydrogen (secondary N) is 1. The molecule has 0 saturated heterocycles. The maximum atomic E-state index is 13.6. The fraction of sp³-hybridized carbons (Fsp3) is 0.333. The Labute approximate surface area is 91.3 Å². The van der Waals surface area contributed by atoms with Gasteiger partial charge in [-0.05, 0) is 30.5 Å². The maximum absolute atomic E-state index is 13.6. The second kappa shape index (κ2) is 4.06. The first-order valence-electron chi connectivity index (χ1n) is 4.31. The lowest BCUT2D eigenvalue weighted by atomic mass is 10.1. The van der Waals surface area contributed by atoms with Crippen molar-refractivity contribution in [1.29, 1.82) is 0 Å². The van der Waals surface area contributed by atoms with E-state index < -0.39 is 0 Å². The molecule has 1 aromatic carbocycles. The molecular weight excluding hydrogens is 223 g/mol. The number of hydrogen-bond acceptors (Lipinski definition) is 3. The third-order valence-electron chi connectivity index (χ3n) is 2.44. The molecule has 2 nitrogen and oxygen atoms in total. The van der Waals surface area contributed by atoms with E-state index >= 15 is 0 Å². The zero-order chi connectivity index (χ0) is 10.1. The first kappa shape index (κ1) is 10.2. The largest absolute Gasteiger partial charge is 0.264 e. The van der Waals surface area contributed by atoms with Gasteiger partial charge in [0.05, 0.1) is 0 Å². The summed E-state index contributed by atoms with van der Waals surface area (Å²) < 4.78 is 16.5. The molecule has 5 heteroatoms. The van der Waals surface area contributed by atoms with E-state index in [1.165, 1.54) is 6.07 Å². The molecule has 2 rings (SSSR count). The monoisotopic (exact) mass is 232 g/mol. The van der Waals surface area contributed by atoms with Gasteiger partial charge in [0, 0.05) is 28.8 Å². The molecule has 0 spiro atoms. The smallest absolute Gasteiger partial charge is 0.129 e. The van der Waals surface area contributed by atoms with Crippen LogP contribution in [0.2, 0.25) is 5.02 Å². The lowest BCUT2D eigenvalue weighted by molar-refractivity contribution is 0.576. The Morgan fingerprint density at radius 3 is 3.07 bits per heavy atom. The standard InChI is InChI=1S/C9H10ClFN2S/c10-6-3-5-1-2-8(13-14-12)9(5)7(11)4-6/h3-4,8,13H,1-2,12H2. The Balaban J connectivity index is 2.39. The van der Waals surface area contributed by atoms with Crippen LogP contribution in [0.1, 0.15) is 23.6 Å². The summed E-state index contributed by atoms with van der Waals surface area (Å²) in [7, 11) is 0. The average Bonchev–Trinajstić information content (AvgIpc) is 2.49. The first-order valence-corrected chi connectivity index (χ1v) is 5.57. The van der Waals surface area contributed by atoms with Crippen LogP contribution in [0.4, 0.5) is 4.39 Å². The SMILES string of the molecule is NSNC1CCc2cc(Cl)cc(F)c21. The van der Waals surface area contributed by atoms with Gasteiger partial charge in [0.1, 0.15) is 5.82 Å². The van der Waals surface area contributed by atoms with Crippen LogP contribution < -0.4 is 9.86 Å². The molecule has 1 aliphatic carbocycles. The van der Waals surface area contributed by atoms with Gasteiger partial charge in [-0.15, -0.1) is 0 Å². The van der Waals surface area contributed by atoms with Gasteiger partial charge >= 0.3 is 0 Å². The molecule has 0 heterocycles. The van der Waals surface area contributed by atoms with Crippen molar-refractivity contribution in [2.75, 3.05) is 0 Å². The Morgan fingerprint density at radius 1 is 1.57 bits per heavy atom. The number of halogens is 2.